The van der Waals surface area contributed by atoms with Gasteiger partial charge in [-0.2, -0.15) is 0 Å². The number of rotatable bonds is 5. The minimum absolute atomic E-state index is 0.121. The zero-order valence-electron chi connectivity index (χ0n) is 11.8. The van der Waals surface area contributed by atoms with E-state index in [1.54, 1.807) is 0 Å². The second-order valence-electron chi connectivity index (χ2n) is 5.13. The molecule has 5 heteroatoms. The maximum absolute atomic E-state index is 8.66. The third kappa shape index (κ3) is 3.95. The Balaban J connectivity index is 1.86. The molecule has 0 radical (unpaired) electrons. The molecule has 110 valence electrons. The highest BCUT2D eigenvalue weighted by molar-refractivity contribution is 5.97. The number of nitrogens with two attached hydrogens (primary N) is 1. The van der Waals surface area contributed by atoms with Gasteiger partial charge in [0.25, 0.3) is 0 Å². The van der Waals surface area contributed by atoms with Crippen LogP contribution in [0.4, 0.5) is 0 Å². The van der Waals surface area contributed by atoms with Crippen molar-refractivity contribution in [1.29, 1.82) is 0 Å². The Morgan fingerprint density at radius 1 is 1.50 bits per heavy atom. The molecule has 3 N–H and O–H groups in total. The zero-order valence-corrected chi connectivity index (χ0v) is 11.8. The molecule has 1 heterocycles. The normalized spacial score (nSPS) is 20.1. The van der Waals surface area contributed by atoms with Gasteiger partial charge < -0.3 is 20.4 Å². The van der Waals surface area contributed by atoms with Crippen LogP contribution < -0.4 is 5.73 Å². The van der Waals surface area contributed by atoms with E-state index < -0.39 is 0 Å². The predicted molar refractivity (Wildman–Crippen MR) is 76.9 cm³/mol. The number of amidine groups is 1. The quantitative estimate of drug-likeness (QED) is 0.374. The fraction of sp³-hybridized carbons (Fsp3) is 0.533. The molecule has 1 unspecified atom stereocenters. The maximum Gasteiger partial charge on any atom is 0.170 e. The Morgan fingerprint density at radius 3 is 3.00 bits per heavy atom. The van der Waals surface area contributed by atoms with Crippen molar-refractivity contribution >= 4 is 5.84 Å². The molecule has 0 amide bonds. The largest absolute Gasteiger partial charge is 0.409 e. The molecule has 1 aromatic carbocycles. The Kier molecular flexibility index (Phi) is 5.38. The highest BCUT2D eigenvalue weighted by Gasteiger charge is 2.14. The number of ether oxygens (including phenoxy) is 2. The van der Waals surface area contributed by atoms with Crippen LogP contribution >= 0.6 is 0 Å². The van der Waals surface area contributed by atoms with Crippen molar-refractivity contribution in [3.63, 3.8) is 0 Å². The van der Waals surface area contributed by atoms with E-state index in [1.807, 2.05) is 25.1 Å². The van der Waals surface area contributed by atoms with Gasteiger partial charge in [-0.15, -0.1) is 0 Å². The first-order valence-corrected chi connectivity index (χ1v) is 6.97. The zero-order chi connectivity index (χ0) is 14.4. The number of nitrogens with zero attached hydrogens (tertiary/aromatic N) is 1. The van der Waals surface area contributed by atoms with Crippen LogP contribution in [0.1, 0.15) is 36.0 Å². The number of aryl methyl sites for hydroxylation is 1. The molecule has 0 aromatic heterocycles. The summed E-state index contributed by atoms with van der Waals surface area (Å²) in [6, 6.07) is 5.67. The van der Waals surface area contributed by atoms with Crippen molar-refractivity contribution < 1.29 is 14.7 Å². The molecular formula is C15H22N2O3. The Bertz CT molecular complexity index is 468. The van der Waals surface area contributed by atoms with E-state index in [9.17, 15) is 0 Å². The van der Waals surface area contributed by atoms with Crippen molar-refractivity contribution in [3.05, 3.63) is 34.9 Å². The summed E-state index contributed by atoms with van der Waals surface area (Å²) < 4.78 is 11.4. The van der Waals surface area contributed by atoms with Gasteiger partial charge in [0.2, 0.25) is 0 Å². The molecule has 1 aliphatic heterocycles. The molecular weight excluding hydrogens is 256 g/mol. The van der Waals surface area contributed by atoms with E-state index in [2.05, 4.69) is 5.16 Å². The van der Waals surface area contributed by atoms with E-state index in [1.165, 1.54) is 6.42 Å². The van der Waals surface area contributed by atoms with Gasteiger partial charge in [-0.3, -0.25) is 0 Å². The average molecular weight is 278 g/mol. The fourth-order valence-electron chi connectivity index (χ4n) is 2.31. The van der Waals surface area contributed by atoms with Gasteiger partial charge in [-0.05, 0) is 43.4 Å². The van der Waals surface area contributed by atoms with Gasteiger partial charge in [0.05, 0.1) is 19.3 Å². The smallest absolute Gasteiger partial charge is 0.170 e. The van der Waals surface area contributed by atoms with Crippen LogP contribution in [0, 0.1) is 6.92 Å². The lowest BCUT2D eigenvalue weighted by molar-refractivity contribution is -0.0448. The molecule has 5 nitrogen and oxygen atoms in total. The van der Waals surface area contributed by atoms with Gasteiger partial charge in [-0.1, -0.05) is 17.3 Å². The van der Waals surface area contributed by atoms with Gasteiger partial charge in [0.15, 0.2) is 5.84 Å². The number of benzene rings is 1. The molecule has 0 saturated carbocycles. The first kappa shape index (κ1) is 14.8. The lowest BCUT2D eigenvalue weighted by Gasteiger charge is -2.22. The summed E-state index contributed by atoms with van der Waals surface area (Å²) in [4.78, 5) is 0. The first-order valence-electron chi connectivity index (χ1n) is 6.97. The predicted octanol–water partition coefficient (Wildman–Crippen LogP) is 2.18. The summed E-state index contributed by atoms with van der Waals surface area (Å²) in [6.07, 6.45) is 3.70. The Hall–Kier alpha value is -1.59. The van der Waals surface area contributed by atoms with E-state index in [-0.39, 0.29) is 11.9 Å². The number of oxime groups is 1. The van der Waals surface area contributed by atoms with Crippen LogP contribution in [-0.2, 0) is 16.1 Å². The van der Waals surface area contributed by atoms with Crippen molar-refractivity contribution in [1.82, 2.24) is 0 Å². The number of hydrogen-bond donors (Lipinski definition) is 2. The molecule has 2 rings (SSSR count). The molecule has 1 fully saturated rings. The van der Waals surface area contributed by atoms with E-state index in [0.717, 1.165) is 30.6 Å². The van der Waals surface area contributed by atoms with E-state index >= 15 is 0 Å². The van der Waals surface area contributed by atoms with E-state index in [4.69, 9.17) is 20.4 Å². The van der Waals surface area contributed by atoms with Crippen LogP contribution in [0.5, 0.6) is 0 Å². The van der Waals surface area contributed by atoms with Crippen molar-refractivity contribution in [2.24, 2.45) is 10.9 Å². The minimum Gasteiger partial charge on any atom is -0.409 e. The second-order valence-corrected chi connectivity index (χ2v) is 5.13. The summed E-state index contributed by atoms with van der Waals surface area (Å²) in [7, 11) is 0. The summed E-state index contributed by atoms with van der Waals surface area (Å²) in [5.41, 5.74) is 8.45. The second kappa shape index (κ2) is 7.26. The van der Waals surface area contributed by atoms with Crippen molar-refractivity contribution in [2.45, 2.75) is 38.9 Å². The SMILES string of the molecule is Cc1cc(/C(N)=N/O)ccc1COCC1CCCCO1. The highest BCUT2D eigenvalue weighted by Crippen LogP contribution is 2.15. The molecule has 0 bridgehead atoms. The monoisotopic (exact) mass is 278 g/mol. The van der Waals surface area contributed by atoms with Gasteiger partial charge in [0.1, 0.15) is 0 Å². The first-order chi connectivity index (χ1) is 9.70. The highest BCUT2D eigenvalue weighted by atomic mass is 16.5. The Labute approximate surface area is 119 Å². The third-order valence-electron chi connectivity index (χ3n) is 3.58. The molecule has 1 saturated heterocycles. The average Bonchev–Trinajstić information content (AvgIpc) is 2.49. The molecule has 0 aliphatic carbocycles. The van der Waals surface area contributed by atoms with E-state index in [0.29, 0.717) is 18.8 Å². The molecule has 1 aliphatic rings. The minimum atomic E-state index is 0.121. The van der Waals surface area contributed by atoms with Crippen LogP contribution in [-0.4, -0.2) is 30.4 Å². The third-order valence-corrected chi connectivity index (χ3v) is 3.58. The molecule has 1 aromatic rings. The Morgan fingerprint density at radius 2 is 2.35 bits per heavy atom. The topological polar surface area (TPSA) is 77.1 Å². The van der Waals surface area contributed by atoms with Crippen LogP contribution in [0.3, 0.4) is 0 Å². The molecule has 0 spiro atoms. The fourth-order valence-corrected chi connectivity index (χ4v) is 2.31. The van der Waals surface area contributed by atoms with Gasteiger partial charge in [0, 0.05) is 12.2 Å². The van der Waals surface area contributed by atoms with Crippen molar-refractivity contribution in [3.8, 4) is 0 Å². The molecule has 20 heavy (non-hydrogen) atoms. The van der Waals surface area contributed by atoms with Gasteiger partial charge in [-0.25, -0.2) is 0 Å². The lowest BCUT2D eigenvalue weighted by atomic mass is 10.1. The van der Waals surface area contributed by atoms with Gasteiger partial charge >= 0.3 is 0 Å². The van der Waals surface area contributed by atoms with Crippen LogP contribution in [0.25, 0.3) is 0 Å². The molecule has 1 atom stereocenters. The van der Waals surface area contributed by atoms with Crippen LogP contribution in [0.2, 0.25) is 0 Å². The van der Waals surface area contributed by atoms with Crippen LogP contribution in [0.15, 0.2) is 23.4 Å². The summed E-state index contributed by atoms with van der Waals surface area (Å²) >= 11 is 0. The summed E-state index contributed by atoms with van der Waals surface area (Å²) in [5, 5.41) is 11.7. The lowest BCUT2D eigenvalue weighted by Crippen LogP contribution is -2.24. The standard InChI is InChI=1S/C15H22N2O3/c1-11-8-12(15(16)17-18)5-6-13(11)9-19-10-14-4-2-3-7-20-14/h5-6,8,14,18H,2-4,7,9-10H2,1H3,(H2,16,17). The number of hydrogen-bond acceptors (Lipinski definition) is 4. The summed E-state index contributed by atoms with van der Waals surface area (Å²) in [5.74, 6) is 0.121. The summed E-state index contributed by atoms with van der Waals surface area (Å²) in [6.45, 7) is 4.04. The van der Waals surface area contributed by atoms with Crippen molar-refractivity contribution in [2.75, 3.05) is 13.2 Å². The maximum atomic E-state index is 8.66.